The number of ether oxygens (including phenoxy) is 1. The Kier molecular flexibility index (Phi) is 6.41. The van der Waals surface area contributed by atoms with Gasteiger partial charge in [0.25, 0.3) is 11.5 Å². The number of thiazole rings is 1. The number of esters is 1. The van der Waals surface area contributed by atoms with Crippen LogP contribution in [0.15, 0.2) is 69.6 Å². The minimum atomic E-state index is -0.776. The lowest BCUT2D eigenvalue weighted by atomic mass is 9.96. The monoisotopic (exact) mass is 535 g/mol. The van der Waals surface area contributed by atoms with Crippen molar-refractivity contribution < 1.29 is 14.3 Å². The van der Waals surface area contributed by atoms with E-state index in [-0.39, 0.29) is 29.2 Å². The van der Waals surface area contributed by atoms with Gasteiger partial charge in [-0.15, -0.1) is 0 Å². The number of amides is 1. The summed E-state index contributed by atoms with van der Waals surface area (Å²) in [5, 5.41) is 0.535. The van der Waals surface area contributed by atoms with Crippen molar-refractivity contribution in [2.45, 2.75) is 52.8 Å². The molecule has 2 aromatic carbocycles. The lowest BCUT2D eigenvalue weighted by Crippen LogP contribution is -2.41. The summed E-state index contributed by atoms with van der Waals surface area (Å²) in [5.74, 6) is -0.762. The molecule has 0 unspecified atom stereocenters. The zero-order valence-corrected chi connectivity index (χ0v) is 22.7. The van der Waals surface area contributed by atoms with E-state index in [0.29, 0.717) is 36.8 Å². The standard InChI is InChI=1S/C28H26ClN3O4S/c1-14(2)31-20-9-7-6-8-19(20)22(25(31)33)24-26(34)32-23(17-10-12-18(29)13-11-17)21(27(35)36-15(3)4)16(5)30-28(32)37-24/h6-15,23H,1-5H3/b24-22+/t23-/m0/s1. The molecule has 3 aromatic rings. The highest BCUT2D eigenvalue weighted by Gasteiger charge is 2.38. The van der Waals surface area contributed by atoms with Gasteiger partial charge in [-0.25, -0.2) is 9.79 Å². The number of fused-ring (bicyclic) bond motifs is 2. The quantitative estimate of drug-likeness (QED) is 0.474. The Morgan fingerprint density at radius 1 is 1.05 bits per heavy atom. The number of carbonyl (C=O) groups is 2. The summed E-state index contributed by atoms with van der Waals surface area (Å²) in [6.45, 7) is 9.15. The lowest BCUT2D eigenvalue weighted by Gasteiger charge is -2.25. The molecule has 0 aliphatic carbocycles. The molecule has 0 bridgehead atoms. The number of carbonyl (C=O) groups excluding carboxylic acids is 2. The van der Waals surface area contributed by atoms with E-state index < -0.39 is 12.0 Å². The molecule has 0 fully saturated rings. The average Bonchev–Trinajstić information content (AvgIpc) is 3.30. The van der Waals surface area contributed by atoms with Gasteiger partial charge < -0.3 is 9.64 Å². The van der Waals surface area contributed by atoms with Gasteiger partial charge in [0.2, 0.25) is 0 Å². The fourth-order valence-corrected chi connectivity index (χ4v) is 6.11. The van der Waals surface area contributed by atoms with E-state index >= 15 is 0 Å². The Labute approximate surface area is 223 Å². The molecule has 2 aliphatic rings. The van der Waals surface area contributed by atoms with Crippen LogP contribution >= 0.6 is 22.9 Å². The number of aromatic nitrogens is 1. The number of halogens is 1. The summed E-state index contributed by atoms with van der Waals surface area (Å²) >= 11 is 7.30. The largest absolute Gasteiger partial charge is 0.459 e. The van der Waals surface area contributed by atoms with Crippen LogP contribution in [0.4, 0.5) is 5.69 Å². The van der Waals surface area contributed by atoms with Crippen molar-refractivity contribution in [3.05, 3.63) is 95.6 Å². The number of hydrogen-bond donors (Lipinski definition) is 0. The molecule has 1 amide bonds. The van der Waals surface area contributed by atoms with E-state index in [2.05, 4.69) is 4.99 Å². The second-order valence-electron chi connectivity index (χ2n) is 9.57. The van der Waals surface area contributed by atoms with Crippen molar-refractivity contribution in [2.24, 2.45) is 4.99 Å². The average molecular weight is 536 g/mol. The topological polar surface area (TPSA) is 81.0 Å². The molecular formula is C28H26ClN3O4S. The van der Waals surface area contributed by atoms with Crippen LogP contribution in [0.25, 0.3) is 5.57 Å². The van der Waals surface area contributed by atoms with E-state index in [9.17, 15) is 14.4 Å². The molecule has 0 saturated carbocycles. The summed E-state index contributed by atoms with van der Waals surface area (Å²) in [5.41, 5.74) is 2.89. The van der Waals surface area contributed by atoms with Crippen LogP contribution < -0.4 is 19.8 Å². The predicted molar refractivity (Wildman–Crippen MR) is 144 cm³/mol. The third kappa shape index (κ3) is 4.14. The van der Waals surface area contributed by atoms with Crippen LogP contribution in [0, 0.1) is 0 Å². The molecule has 3 heterocycles. The summed E-state index contributed by atoms with van der Waals surface area (Å²) < 4.78 is 7.33. The Balaban J connectivity index is 1.81. The lowest BCUT2D eigenvalue weighted by molar-refractivity contribution is -0.143. The summed E-state index contributed by atoms with van der Waals surface area (Å²) in [6.07, 6.45) is -0.347. The first-order valence-corrected chi connectivity index (χ1v) is 13.2. The van der Waals surface area contributed by atoms with Crippen LogP contribution in [0.3, 0.4) is 0 Å². The zero-order chi connectivity index (χ0) is 26.6. The molecule has 1 aromatic heterocycles. The molecule has 9 heteroatoms. The van der Waals surface area contributed by atoms with Crippen molar-refractivity contribution in [3.63, 3.8) is 0 Å². The van der Waals surface area contributed by atoms with Crippen molar-refractivity contribution in [1.82, 2.24) is 4.57 Å². The molecule has 190 valence electrons. The van der Waals surface area contributed by atoms with E-state index in [0.717, 1.165) is 17.0 Å². The Morgan fingerprint density at radius 2 is 1.73 bits per heavy atom. The molecule has 2 aliphatic heterocycles. The summed E-state index contributed by atoms with van der Waals surface area (Å²) in [6, 6.07) is 13.6. The fraction of sp³-hybridized carbons (Fsp3) is 0.286. The highest BCUT2D eigenvalue weighted by molar-refractivity contribution is 7.07. The zero-order valence-electron chi connectivity index (χ0n) is 21.1. The van der Waals surface area contributed by atoms with E-state index in [4.69, 9.17) is 16.3 Å². The third-order valence-electron chi connectivity index (χ3n) is 6.35. The van der Waals surface area contributed by atoms with Crippen LogP contribution in [-0.4, -0.2) is 28.6 Å². The Bertz CT molecular complexity index is 1650. The first-order chi connectivity index (χ1) is 17.6. The smallest absolute Gasteiger partial charge is 0.338 e. The van der Waals surface area contributed by atoms with Crippen molar-refractivity contribution >= 4 is 46.1 Å². The highest BCUT2D eigenvalue weighted by Crippen LogP contribution is 2.37. The molecule has 5 rings (SSSR count). The summed E-state index contributed by atoms with van der Waals surface area (Å²) in [4.78, 5) is 47.7. The number of anilines is 1. The van der Waals surface area contributed by atoms with Crippen LogP contribution in [-0.2, 0) is 14.3 Å². The van der Waals surface area contributed by atoms with Gasteiger partial charge in [-0.3, -0.25) is 14.2 Å². The van der Waals surface area contributed by atoms with Gasteiger partial charge in [0.1, 0.15) is 4.53 Å². The molecule has 1 atom stereocenters. The minimum Gasteiger partial charge on any atom is -0.459 e. The predicted octanol–water partition coefficient (Wildman–Crippen LogP) is 3.97. The van der Waals surface area contributed by atoms with Gasteiger partial charge in [0, 0.05) is 16.6 Å². The van der Waals surface area contributed by atoms with E-state index in [1.54, 1.807) is 49.9 Å². The minimum absolute atomic E-state index is 0.0867. The number of allylic oxidation sites excluding steroid dienone is 1. The van der Waals surface area contributed by atoms with Crippen LogP contribution in [0.1, 0.15) is 51.8 Å². The SMILES string of the molecule is CC1=C(C(=O)OC(C)C)[C@H](c2ccc(Cl)cc2)n2c(s/c(=C3/C(=O)N(C(C)C)c4ccccc43)c2=O)=N1. The molecule has 7 nitrogen and oxygen atoms in total. The number of hydrogen-bond acceptors (Lipinski definition) is 6. The maximum Gasteiger partial charge on any atom is 0.338 e. The normalized spacial score (nSPS) is 18.3. The van der Waals surface area contributed by atoms with Gasteiger partial charge in [-0.1, -0.05) is 53.3 Å². The van der Waals surface area contributed by atoms with E-state index in [1.807, 2.05) is 38.1 Å². The highest BCUT2D eigenvalue weighted by atomic mass is 35.5. The molecule has 0 saturated heterocycles. The summed E-state index contributed by atoms with van der Waals surface area (Å²) in [7, 11) is 0. The second kappa shape index (κ2) is 9.43. The van der Waals surface area contributed by atoms with Gasteiger partial charge in [0.15, 0.2) is 4.80 Å². The third-order valence-corrected chi connectivity index (χ3v) is 7.66. The van der Waals surface area contributed by atoms with Gasteiger partial charge in [-0.2, -0.15) is 0 Å². The van der Waals surface area contributed by atoms with Gasteiger partial charge in [-0.05, 0) is 58.4 Å². The van der Waals surface area contributed by atoms with Crippen LogP contribution in [0.5, 0.6) is 0 Å². The molecule has 37 heavy (non-hydrogen) atoms. The molecule has 0 N–H and O–H groups in total. The van der Waals surface area contributed by atoms with Gasteiger partial charge >= 0.3 is 5.97 Å². The van der Waals surface area contributed by atoms with Crippen molar-refractivity contribution in [2.75, 3.05) is 4.90 Å². The number of rotatable bonds is 4. The van der Waals surface area contributed by atoms with E-state index in [1.165, 1.54) is 4.57 Å². The second-order valence-corrected chi connectivity index (χ2v) is 11.0. The van der Waals surface area contributed by atoms with Crippen molar-refractivity contribution in [3.8, 4) is 0 Å². The maximum absolute atomic E-state index is 14.1. The first kappa shape index (κ1) is 25.2. The maximum atomic E-state index is 14.1. The number of nitrogens with zero attached hydrogens (tertiary/aromatic N) is 3. The number of para-hydroxylation sites is 1. The van der Waals surface area contributed by atoms with Crippen molar-refractivity contribution in [1.29, 1.82) is 0 Å². The first-order valence-electron chi connectivity index (χ1n) is 12.0. The molecule has 0 radical (unpaired) electrons. The molecule has 0 spiro atoms. The fourth-order valence-electron chi connectivity index (χ4n) is 4.84. The van der Waals surface area contributed by atoms with Gasteiger partial charge in [0.05, 0.1) is 34.7 Å². The molecular weight excluding hydrogens is 510 g/mol. The van der Waals surface area contributed by atoms with Crippen LogP contribution in [0.2, 0.25) is 5.02 Å². The Hall–Kier alpha value is -3.49. The Morgan fingerprint density at radius 3 is 2.38 bits per heavy atom. The number of benzene rings is 2.